The predicted molar refractivity (Wildman–Crippen MR) is 90.4 cm³/mol. The second kappa shape index (κ2) is 7.64. The zero-order chi connectivity index (χ0) is 15.9. The first-order valence-corrected chi connectivity index (χ1v) is 7.51. The van der Waals surface area contributed by atoms with E-state index in [1.54, 1.807) is 6.07 Å². The van der Waals surface area contributed by atoms with E-state index in [0.29, 0.717) is 17.9 Å². The summed E-state index contributed by atoms with van der Waals surface area (Å²) >= 11 is 0. The van der Waals surface area contributed by atoms with Gasteiger partial charge in [0.15, 0.2) is 0 Å². The molecule has 22 heavy (non-hydrogen) atoms. The number of ether oxygens (including phenoxy) is 1. The first kappa shape index (κ1) is 16.1. The van der Waals surface area contributed by atoms with Gasteiger partial charge in [-0.05, 0) is 51.8 Å². The van der Waals surface area contributed by atoms with Crippen LogP contribution in [0.2, 0.25) is 0 Å². The van der Waals surface area contributed by atoms with E-state index in [1.807, 2.05) is 18.2 Å². The normalized spacial score (nSPS) is 11.5. The van der Waals surface area contributed by atoms with Gasteiger partial charge in [-0.25, -0.2) is 4.79 Å². The Hall–Kier alpha value is -2.29. The summed E-state index contributed by atoms with van der Waals surface area (Å²) in [4.78, 5) is 11.5. The van der Waals surface area contributed by atoms with Crippen LogP contribution < -0.4 is 10.4 Å². The minimum atomic E-state index is -0.391. The summed E-state index contributed by atoms with van der Waals surface area (Å²) in [7, 11) is 0. The van der Waals surface area contributed by atoms with Gasteiger partial charge in [-0.15, -0.1) is 0 Å². The van der Waals surface area contributed by atoms with Crippen molar-refractivity contribution in [2.75, 3.05) is 6.61 Å². The third-order valence-electron chi connectivity index (χ3n) is 3.37. The van der Waals surface area contributed by atoms with Crippen molar-refractivity contribution in [3.8, 4) is 5.75 Å². The molecule has 2 aromatic rings. The molecule has 0 spiro atoms. The molecule has 1 heterocycles. The minimum absolute atomic E-state index is 0.391. The van der Waals surface area contributed by atoms with Gasteiger partial charge in [-0.2, -0.15) is 0 Å². The lowest BCUT2D eigenvalue weighted by Crippen LogP contribution is -2.02. The second-order valence-electron chi connectivity index (χ2n) is 5.61. The fourth-order valence-electron chi connectivity index (χ4n) is 2.17. The fraction of sp³-hybridized carbons (Fsp3) is 0.316. The van der Waals surface area contributed by atoms with Crippen molar-refractivity contribution in [2.24, 2.45) is 0 Å². The molecule has 3 heteroatoms. The molecule has 0 N–H and O–H groups in total. The molecule has 0 saturated heterocycles. The third kappa shape index (κ3) is 4.62. The van der Waals surface area contributed by atoms with Crippen LogP contribution in [0.4, 0.5) is 0 Å². The van der Waals surface area contributed by atoms with Gasteiger partial charge in [0, 0.05) is 0 Å². The van der Waals surface area contributed by atoms with Crippen molar-refractivity contribution in [1.29, 1.82) is 0 Å². The highest BCUT2D eigenvalue weighted by Crippen LogP contribution is 2.23. The Labute approximate surface area is 130 Å². The Balaban J connectivity index is 2.03. The van der Waals surface area contributed by atoms with E-state index < -0.39 is 5.63 Å². The number of hydrogen-bond donors (Lipinski definition) is 0. The van der Waals surface area contributed by atoms with Crippen LogP contribution in [0.1, 0.15) is 33.6 Å². The maximum absolute atomic E-state index is 11.5. The van der Waals surface area contributed by atoms with E-state index in [9.17, 15) is 4.79 Å². The Bertz CT molecular complexity index is 747. The molecule has 1 aromatic carbocycles. The second-order valence-corrected chi connectivity index (χ2v) is 5.61. The SMILES string of the molecule is CC(C)=CCCC(C)=CCOc1cc(=O)oc2ccccc12. The molecular weight excluding hydrogens is 276 g/mol. The predicted octanol–water partition coefficient (Wildman–Crippen LogP) is 4.86. The van der Waals surface area contributed by atoms with E-state index in [0.717, 1.165) is 18.2 Å². The Morgan fingerprint density at radius 3 is 2.73 bits per heavy atom. The van der Waals surface area contributed by atoms with Crippen LogP contribution in [0.5, 0.6) is 5.75 Å². The maximum Gasteiger partial charge on any atom is 0.339 e. The zero-order valence-corrected chi connectivity index (χ0v) is 13.4. The molecule has 0 aliphatic carbocycles. The third-order valence-corrected chi connectivity index (χ3v) is 3.37. The highest BCUT2D eigenvalue weighted by molar-refractivity contribution is 5.82. The van der Waals surface area contributed by atoms with E-state index in [1.165, 1.54) is 17.2 Å². The van der Waals surface area contributed by atoms with Crippen molar-refractivity contribution in [3.05, 3.63) is 64.1 Å². The lowest BCUT2D eigenvalue weighted by molar-refractivity contribution is 0.362. The summed E-state index contributed by atoms with van der Waals surface area (Å²) in [5, 5.41) is 0.817. The summed E-state index contributed by atoms with van der Waals surface area (Å²) in [6, 6.07) is 8.79. The molecule has 0 bridgehead atoms. The minimum Gasteiger partial charge on any atom is -0.488 e. The monoisotopic (exact) mass is 298 g/mol. The van der Waals surface area contributed by atoms with Gasteiger partial charge in [0.05, 0.1) is 11.5 Å². The number of benzene rings is 1. The van der Waals surface area contributed by atoms with Crippen LogP contribution in [0.3, 0.4) is 0 Å². The highest BCUT2D eigenvalue weighted by atomic mass is 16.5. The van der Waals surface area contributed by atoms with Crippen molar-refractivity contribution in [2.45, 2.75) is 33.6 Å². The standard InChI is InChI=1S/C19H22O3/c1-14(2)7-6-8-15(3)11-12-21-18-13-19(20)22-17-10-5-4-9-16(17)18/h4-5,7,9-11,13H,6,8,12H2,1-3H3. The van der Waals surface area contributed by atoms with Crippen LogP contribution in [0.15, 0.2) is 62.8 Å². The summed E-state index contributed by atoms with van der Waals surface area (Å²) < 4.78 is 10.9. The Morgan fingerprint density at radius 2 is 1.95 bits per heavy atom. The number of hydrogen-bond acceptors (Lipinski definition) is 3. The van der Waals surface area contributed by atoms with Gasteiger partial charge < -0.3 is 9.15 Å². The molecule has 0 fully saturated rings. The van der Waals surface area contributed by atoms with E-state index in [2.05, 4.69) is 32.9 Å². The van der Waals surface area contributed by atoms with E-state index >= 15 is 0 Å². The van der Waals surface area contributed by atoms with Crippen molar-refractivity contribution >= 4 is 11.0 Å². The smallest absolute Gasteiger partial charge is 0.339 e. The van der Waals surface area contributed by atoms with Gasteiger partial charge in [-0.3, -0.25) is 0 Å². The van der Waals surface area contributed by atoms with Crippen LogP contribution in [-0.2, 0) is 0 Å². The van der Waals surface area contributed by atoms with Gasteiger partial charge in [0.2, 0.25) is 0 Å². The molecule has 0 saturated carbocycles. The topological polar surface area (TPSA) is 39.4 Å². The van der Waals surface area contributed by atoms with Gasteiger partial charge in [-0.1, -0.05) is 29.4 Å². The van der Waals surface area contributed by atoms with Crippen molar-refractivity contribution in [3.63, 3.8) is 0 Å². The first-order valence-electron chi connectivity index (χ1n) is 7.51. The molecule has 116 valence electrons. The molecule has 0 aliphatic rings. The van der Waals surface area contributed by atoms with Gasteiger partial charge in [0.1, 0.15) is 17.9 Å². The van der Waals surface area contributed by atoms with E-state index in [-0.39, 0.29) is 0 Å². The van der Waals surface area contributed by atoms with Crippen LogP contribution >= 0.6 is 0 Å². The average molecular weight is 298 g/mol. The quantitative estimate of drug-likeness (QED) is 0.564. The largest absolute Gasteiger partial charge is 0.488 e. The van der Waals surface area contributed by atoms with Crippen LogP contribution in [0, 0.1) is 0 Å². The average Bonchev–Trinajstić information content (AvgIpc) is 2.46. The zero-order valence-electron chi connectivity index (χ0n) is 13.4. The molecular formula is C19H22O3. The number of rotatable bonds is 6. The Kier molecular flexibility index (Phi) is 5.59. The summed E-state index contributed by atoms with van der Waals surface area (Å²) in [6.07, 6.45) is 6.35. The fourth-order valence-corrected chi connectivity index (χ4v) is 2.17. The molecule has 2 rings (SSSR count). The first-order chi connectivity index (χ1) is 10.6. The van der Waals surface area contributed by atoms with Crippen molar-refractivity contribution < 1.29 is 9.15 Å². The highest BCUT2D eigenvalue weighted by Gasteiger charge is 2.05. The number of para-hydroxylation sites is 1. The van der Waals surface area contributed by atoms with Crippen LogP contribution in [-0.4, -0.2) is 6.61 Å². The molecule has 0 aliphatic heterocycles. The molecule has 0 radical (unpaired) electrons. The molecule has 1 aromatic heterocycles. The molecule has 0 unspecified atom stereocenters. The lowest BCUT2D eigenvalue weighted by Gasteiger charge is -2.07. The van der Waals surface area contributed by atoms with Crippen molar-refractivity contribution in [1.82, 2.24) is 0 Å². The summed E-state index contributed by atoms with van der Waals surface area (Å²) in [5.41, 5.74) is 2.78. The number of fused-ring (bicyclic) bond motifs is 1. The Morgan fingerprint density at radius 1 is 1.18 bits per heavy atom. The summed E-state index contributed by atoms with van der Waals surface area (Å²) in [6.45, 7) is 6.76. The van der Waals surface area contributed by atoms with Gasteiger partial charge >= 0.3 is 5.63 Å². The molecule has 3 nitrogen and oxygen atoms in total. The maximum atomic E-state index is 11.5. The number of allylic oxidation sites excluding steroid dienone is 3. The molecule has 0 amide bonds. The summed E-state index contributed by atoms with van der Waals surface area (Å²) in [5.74, 6) is 0.570. The lowest BCUT2D eigenvalue weighted by atomic mass is 10.1. The van der Waals surface area contributed by atoms with Gasteiger partial charge in [0.25, 0.3) is 0 Å². The van der Waals surface area contributed by atoms with Crippen LogP contribution in [0.25, 0.3) is 11.0 Å². The molecule has 0 atom stereocenters. The van der Waals surface area contributed by atoms with E-state index in [4.69, 9.17) is 9.15 Å².